The molecule has 0 aromatic heterocycles. The molecule has 0 fully saturated rings. The molecule has 38 heavy (non-hydrogen) atoms. The van der Waals surface area contributed by atoms with Crippen LogP contribution in [-0.4, -0.2) is 62.1 Å². The molecule has 0 aliphatic carbocycles. The van der Waals surface area contributed by atoms with Crippen LogP contribution in [0.25, 0.3) is 0 Å². The maximum atomic E-state index is 13.4. The number of hydrogen-bond acceptors (Lipinski definition) is 6. The zero-order valence-electron chi connectivity index (χ0n) is 24.4. The van der Waals surface area contributed by atoms with E-state index in [1.807, 2.05) is 26.0 Å². The Morgan fingerprint density at radius 3 is 2.53 bits per heavy atom. The molecule has 2 unspecified atom stereocenters. The van der Waals surface area contributed by atoms with Crippen molar-refractivity contribution < 1.29 is 28.8 Å². The third-order valence-corrected chi connectivity index (χ3v) is 7.05. The molecule has 3 amide bonds. The summed E-state index contributed by atoms with van der Waals surface area (Å²) in [6.45, 7) is 6.16. The van der Waals surface area contributed by atoms with Crippen LogP contribution in [-0.2, 0) is 28.8 Å². The van der Waals surface area contributed by atoms with Gasteiger partial charge in [-0.2, -0.15) is 0 Å². The first-order valence-electron chi connectivity index (χ1n) is 14.3. The molecule has 0 spiro atoms. The summed E-state index contributed by atoms with van der Waals surface area (Å²) >= 11 is 0. The molecule has 1 aliphatic heterocycles. The van der Waals surface area contributed by atoms with Gasteiger partial charge in [0.1, 0.15) is 12.1 Å². The van der Waals surface area contributed by atoms with Gasteiger partial charge < -0.3 is 15.4 Å². The average molecular weight is 538 g/mol. The van der Waals surface area contributed by atoms with Gasteiger partial charge in [-0.05, 0) is 50.9 Å². The van der Waals surface area contributed by atoms with Gasteiger partial charge in [0.25, 0.3) is 5.91 Å². The quantitative estimate of drug-likeness (QED) is 0.176. The molecule has 2 N–H and O–H groups in total. The van der Waals surface area contributed by atoms with Gasteiger partial charge in [0, 0.05) is 25.9 Å². The van der Waals surface area contributed by atoms with E-state index in [1.54, 1.807) is 7.05 Å². The van der Waals surface area contributed by atoms with Gasteiger partial charge in [-0.1, -0.05) is 58.6 Å². The van der Waals surface area contributed by atoms with E-state index in [1.165, 1.54) is 33.4 Å². The molecular weight excluding hydrogens is 486 g/mol. The Bertz CT molecular complexity index is 769. The zero-order chi connectivity index (χ0) is 28.5. The largest absolute Gasteiger partial charge is 0.462 e. The number of cyclic esters (lactones) is 1. The number of hydrogen-bond donors (Lipinski definition) is 2. The first kappa shape index (κ1) is 33.6. The number of esters is 1. The summed E-state index contributed by atoms with van der Waals surface area (Å²) in [7, 11) is 4.39. The van der Waals surface area contributed by atoms with E-state index >= 15 is 0 Å². The fraction of sp³-hybridized carbons (Fsp3) is 0.793. The number of nitrogens with zero attached hydrogens (tertiary/aromatic N) is 1. The molecule has 0 bridgehead atoms. The Hall–Kier alpha value is -2.42. The number of carbonyl (C=O) groups is 4. The molecule has 218 valence electrons. The van der Waals surface area contributed by atoms with E-state index in [0.29, 0.717) is 19.3 Å². The minimum Gasteiger partial charge on any atom is -0.462 e. The van der Waals surface area contributed by atoms with E-state index in [9.17, 15) is 19.2 Å². The predicted octanol–water partition coefficient (Wildman–Crippen LogP) is 4.31. The maximum absolute atomic E-state index is 13.4. The van der Waals surface area contributed by atoms with Crippen LogP contribution in [0, 0.1) is 17.8 Å². The number of amides is 3. The molecule has 1 heterocycles. The summed E-state index contributed by atoms with van der Waals surface area (Å²) in [5, 5.41) is 6.55. The van der Waals surface area contributed by atoms with Crippen molar-refractivity contribution >= 4 is 23.7 Å². The molecule has 0 aromatic carbocycles. The Morgan fingerprint density at radius 2 is 1.89 bits per heavy atom. The third-order valence-electron chi connectivity index (χ3n) is 7.05. The molecule has 1 aliphatic rings. The van der Waals surface area contributed by atoms with Crippen LogP contribution in [0.2, 0.25) is 0 Å². The minimum absolute atomic E-state index is 0.0495. The molecule has 4 atom stereocenters. The van der Waals surface area contributed by atoms with Crippen LogP contribution in [0.4, 0.5) is 0 Å². The topological polar surface area (TPSA) is 114 Å². The van der Waals surface area contributed by atoms with Crippen molar-refractivity contribution in [3.63, 3.8) is 0 Å². The fourth-order valence-corrected chi connectivity index (χ4v) is 4.80. The minimum atomic E-state index is -0.977. The second-order valence-corrected chi connectivity index (χ2v) is 10.8. The summed E-state index contributed by atoms with van der Waals surface area (Å²) < 4.78 is 5.89. The highest BCUT2D eigenvalue weighted by atomic mass is 16.7. The normalized spacial score (nSPS) is 24.5. The number of nitrogens with one attached hydrogen (secondary N) is 2. The van der Waals surface area contributed by atoms with E-state index < -0.39 is 29.7 Å². The van der Waals surface area contributed by atoms with Crippen LogP contribution in [0.1, 0.15) is 97.8 Å². The smallest absolute Gasteiger partial charge is 0.306 e. The van der Waals surface area contributed by atoms with Crippen molar-refractivity contribution in [3.05, 3.63) is 12.2 Å². The summed E-state index contributed by atoms with van der Waals surface area (Å²) in [5.74, 6) is -2.44. The summed E-state index contributed by atoms with van der Waals surface area (Å²) in [5.41, 5.74) is 0. The highest BCUT2D eigenvalue weighted by Crippen LogP contribution is 2.22. The lowest BCUT2D eigenvalue weighted by Crippen LogP contribution is -2.50. The van der Waals surface area contributed by atoms with E-state index in [4.69, 9.17) is 9.57 Å². The number of carbonyl (C=O) groups excluding carboxylic acids is 4. The highest BCUT2D eigenvalue weighted by Gasteiger charge is 2.33. The van der Waals surface area contributed by atoms with Crippen molar-refractivity contribution in [1.82, 2.24) is 15.7 Å². The van der Waals surface area contributed by atoms with Crippen LogP contribution in [0.15, 0.2) is 12.2 Å². The molecule has 0 aromatic rings. The van der Waals surface area contributed by atoms with Gasteiger partial charge in [0.15, 0.2) is 0 Å². The van der Waals surface area contributed by atoms with Crippen LogP contribution >= 0.6 is 0 Å². The number of unbranched alkanes of at least 4 members (excludes halogenated alkanes) is 4. The number of hydroxylamine groups is 2. The van der Waals surface area contributed by atoms with Gasteiger partial charge in [-0.3, -0.25) is 24.0 Å². The summed E-state index contributed by atoms with van der Waals surface area (Å²) in [4.78, 5) is 57.2. The summed E-state index contributed by atoms with van der Waals surface area (Å²) in [6.07, 6.45) is 12.6. The molecule has 9 nitrogen and oxygen atoms in total. The SMILES string of the molecule is CCCCCCCC1CC/C=C/CC(C(=O)NC)C[C@@H](C(=O)N(C)OC)NC(=O)[C@H](CC(C)C)CC(=O)O1. The van der Waals surface area contributed by atoms with Crippen molar-refractivity contribution in [2.24, 2.45) is 17.8 Å². The lowest BCUT2D eigenvalue weighted by molar-refractivity contribution is -0.172. The van der Waals surface area contributed by atoms with E-state index in [-0.39, 0.29) is 36.7 Å². The second-order valence-electron chi connectivity index (χ2n) is 10.8. The lowest BCUT2D eigenvalue weighted by atomic mass is 9.91. The number of likely N-dealkylation sites (N-methyl/N-ethyl adjacent to an activating group) is 1. The second kappa shape index (κ2) is 18.8. The zero-order valence-corrected chi connectivity index (χ0v) is 24.4. The van der Waals surface area contributed by atoms with Crippen LogP contribution in [0.3, 0.4) is 0 Å². The van der Waals surface area contributed by atoms with Gasteiger partial charge in [-0.15, -0.1) is 0 Å². The van der Waals surface area contributed by atoms with Crippen molar-refractivity contribution in [3.8, 4) is 0 Å². The third kappa shape index (κ3) is 12.9. The summed E-state index contributed by atoms with van der Waals surface area (Å²) in [6, 6.07) is -0.977. The Kier molecular flexibility index (Phi) is 16.6. The van der Waals surface area contributed by atoms with E-state index in [2.05, 4.69) is 17.6 Å². The highest BCUT2D eigenvalue weighted by molar-refractivity contribution is 5.90. The number of ether oxygens (including phenoxy) is 1. The first-order valence-corrected chi connectivity index (χ1v) is 14.3. The maximum Gasteiger partial charge on any atom is 0.306 e. The van der Waals surface area contributed by atoms with Crippen LogP contribution in [0.5, 0.6) is 0 Å². The molecule has 0 saturated carbocycles. The molecule has 1 rings (SSSR count). The predicted molar refractivity (Wildman–Crippen MR) is 148 cm³/mol. The van der Waals surface area contributed by atoms with Gasteiger partial charge in [-0.25, -0.2) is 5.06 Å². The van der Waals surface area contributed by atoms with E-state index in [0.717, 1.165) is 30.7 Å². The van der Waals surface area contributed by atoms with Crippen molar-refractivity contribution in [1.29, 1.82) is 0 Å². The molecule has 0 saturated heterocycles. The lowest BCUT2D eigenvalue weighted by Gasteiger charge is -2.27. The van der Waals surface area contributed by atoms with Gasteiger partial charge in [0.2, 0.25) is 11.8 Å². The number of rotatable bonds is 11. The first-order chi connectivity index (χ1) is 18.1. The Balaban J connectivity index is 3.21. The fourth-order valence-electron chi connectivity index (χ4n) is 4.80. The average Bonchev–Trinajstić information content (AvgIpc) is 2.88. The Labute approximate surface area is 229 Å². The molecule has 9 heteroatoms. The number of allylic oxidation sites excluding steroid dienone is 2. The van der Waals surface area contributed by atoms with Gasteiger partial charge in [0.05, 0.1) is 13.5 Å². The standard InChI is InChI=1S/C29H51N3O6/c1-7-8-9-10-13-16-24-17-14-11-12-15-22(27(34)30-4)19-25(29(36)32(5)37-6)31-28(35)23(18-21(2)3)20-26(33)38-24/h11-12,21-25H,7-10,13-20H2,1-6H3,(H,30,34)(H,31,35)/b12-11+/t22?,23-,24?,25+/m1/s1. The molecular formula is C29H51N3O6. The molecule has 0 radical (unpaired) electrons. The van der Waals surface area contributed by atoms with Crippen molar-refractivity contribution in [2.75, 3.05) is 21.2 Å². The Morgan fingerprint density at radius 1 is 1.18 bits per heavy atom. The van der Waals surface area contributed by atoms with Gasteiger partial charge >= 0.3 is 5.97 Å². The van der Waals surface area contributed by atoms with Crippen LogP contribution < -0.4 is 10.6 Å². The monoisotopic (exact) mass is 537 g/mol. The van der Waals surface area contributed by atoms with Crippen molar-refractivity contribution in [2.45, 2.75) is 110 Å².